The van der Waals surface area contributed by atoms with E-state index < -0.39 is 48.4 Å². The SMILES string of the molecule is CC(=O)NC1C(O)CC(O)(C(=O)O)OC1C(O)CNC12CC3CC(C)(CC(C)(C3)C1)C2. The van der Waals surface area contributed by atoms with Gasteiger partial charge in [0.2, 0.25) is 5.91 Å². The average molecular weight is 441 g/mol. The summed E-state index contributed by atoms with van der Waals surface area (Å²) in [6, 6.07) is -1.03. The highest BCUT2D eigenvalue weighted by Gasteiger charge is 2.60. The third kappa shape index (κ3) is 4.23. The molecular formula is C22H36N2O7. The molecule has 9 heteroatoms. The molecule has 4 saturated carbocycles. The zero-order valence-electron chi connectivity index (χ0n) is 18.6. The lowest BCUT2D eigenvalue weighted by molar-refractivity contribution is -0.289. The number of aliphatic carboxylic acids is 1. The number of carboxylic acids is 1. The molecule has 0 spiro atoms. The van der Waals surface area contributed by atoms with E-state index >= 15 is 0 Å². The van der Waals surface area contributed by atoms with Crippen LogP contribution in [0.1, 0.15) is 65.7 Å². The Hall–Kier alpha value is -1.26. The number of β-amino-alcohol motifs (C(OH)–C–C–N with tert-alkyl or cyclic N) is 1. The van der Waals surface area contributed by atoms with Crippen LogP contribution in [0.3, 0.4) is 0 Å². The first-order chi connectivity index (χ1) is 14.3. The van der Waals surface area contributed by atoms with Crippen LogP contribution in [-0.2, 0) is 14.3 Å². The summed E-state index contributed by atoms with van der Waals surface area (Å²) in [7, 11) is 0. The first kappa shape index (κ1) is 22.9. The van der Waals surface area contributed by atoms with Crippen LogP contribution in [0.2, 0.25) is 0 Å². The minimum Gasteiger partial charge on any atom is -0.477 e. The molecule has 31 heavy (non-hydrogen) atoms. The van der Waals surface area contributed by atoms with Crippen molar-refractivity contribution in [2.75, 3.05) is 6.54 Å². The Morgan fingerprint density at radius 2 is 1.71 bits per heavy atom. The highest BCUT2D eigenvalue weighted by molar-refractivity contribution is 5.76. The van der Waals surface area contributed by atoms with Crippen molar-refractivity contribution < 1.29 is 34.8 Å². The minimum atomic E-state index is -2.62. The number of carboxylic acid groups (broad SMARTS) is 1. The van der Waals surface area contributed by atoms with Crippen molar-refractivity contribution in [2.45, 2.75) is 101 Å². The topological polar surface area (TPSA) is 148 Å². The molecule has 5 aliphatic rings. The lowest BCUT2D eigenvalue weighted by Crippen LogP contribution is -2.68. The third-order valence-corrected chi connectivity index (χ3v) is 7.98. The van der Waals surface area contributed by atoms with E-state index in [1.54, 1.807) is 0 Å². The summed E-state index contributed by atoms with van der Waals surface area (Å²) in [6.07, 6.45) is 2.31. The van der Waals surface area contributed by atoms with Gasteiger partial charge in [-0.2, -0.15) is 0 Å². The molecule has 4 bridgehead atoms. The molecule has 9 nitrogen and oxygen atoms in total. The van der Waals surface area contributed by atoms with Crippen LogP contribution in [0.25, 0.3) is 0 Å². The van der Waals surface area contributed by atoms with Gasteiger partial charge < -0.3 is 35.8 Å². The molecule has 0 radical (unpaired) electrons. The van der Waals surface area contributed by atoms with Crippen molar-refractivity contribution in [2.24, 2.45) is 16.7 Å². The molecule has 1 heterocycles. The van der Waals surface area contributed by atoms with Crippen molar-refractivity contribution in [3.8, 4) is 0 Å². The summed E-state index contributed by atoms with van der Waals surface area (Å²) in [5, 5.41) is 47.2. The standard InChI is InChI=1S/C22H36N2O7/c1-12(25)24-16-14(26)7-22(30,18(28)29)31-17(16)15(27)8-23-21-6-13-4-19(2,10-21)9-20(3,5-13)11-21/h13-17,23,26-27,30H,4-11H2,1-3H3,(H,24,25)(H,28,29). The Kier molecular flexibility index (Phi) is 5.46. The van der Waals surface area contributed by atoms with Gasteiger partial charge in [-0.3, -0.25) is 4.79 Å². The van der Waals surface area contributed by atoms with Crippen LogP contribution in [0.4, 0.5) is 0 Å². The fourth-order valence-electron chi connectivity index (χ4n) is 7.93. The highest BCUT2D eigenvalue weighted by atomic mass is 16.7. The van der Waals surface area contributed by atoms with Crippen LogP contribution >= 0.6 is 0 Å². The summed E-state index contributed by atoms with van der Waals surface area (Å²) in [5.41, 5.74) is 0.474. The zero-order valence-corrected chi connectivity index (χ0v) is 18.6. The van der Waals surface area contributed by atoms with E-state index in [9.17, 15) is 30.0 Å². The summed E-state index contributed by atoms with van der Waals surface area (Å²) in [6.45, 7) is 6.08. The second-order valence-electron chi connectivity index (χ2n) is 11.5. The molecule has 0 aromatic carbocycles. The van der Waals surface area contributed by atoms with Gasteiger partial charge in [-0.15, -0.1) is 0 Å². The first-order valence-corrected chi connectivity index (χ1v) is 11.3. The van der Waals surface area contributed by atoms with Crippen LogP contribution < -0.4 is 10.6 Å². The fraction of sp³-hybridized carbons (Fsp3) is 0.909. The van der Waals surface area contributed by atoms with Gasteiger partial charge in [-0.05, 0) is 55.3 Å². The van der Waals surface area contributed by atoms with E-state index in [0.29, 0.717) is 5.92 Å². The minimum absolute atomic E-state index is 0.0935. The Balaban J connectivity index is 1.50. The fourth-order valence-corrected chi connectivity index (χ4v) is 7.93. The number of carbonyl (C=O) groups is 2. The van der Waals surface area contributed by atoms with Crippen LogP contribution in [0.15, 0.2) is 0 Å². The molecule has 6 N–H and O–H groups in total. The zero-order chi connectivity index (χ0) is 22.8. The van der Waals surface area contributed by atoms with Crippen LogP contribution in [0, 0.1) is 16.7 Å². The number of hydrogen-bond acceptors (Lipinski definition) is 7. The summed E-state index contributed by atoms with van der Waals surface area (Å²) >= 11 is 0. The summed E-state index contributed by atoms with van der Waals surface area (Å²) in [4.78, 5) is 23.1. The van der Waals surface area contributed by atoms with Gasteiger partial charge >= 0.3 is 5.97 Å². The van der Waals surface area contributed by atoms with Crippen molar-refractivity contribution in [3.05, 3.63) is 0 Å². The predicted octanol–water partition coefficient (Wildman–Crippen LogP) is 0.114. The Morgan fingerprint density at radius 3 is 2.23 bits per heavy atom. The molecule has 4 aliphatic carbocycles. The van der Waals surface area contributed by atoms with E-state index in [2.05, 4.69) is 24.5 Å². The second-order valence-corrected chi connectivity index (χ2v) is 11.5. The molecule has 5 rings (SSSR count). The maximum Gasteiger partial charge on any atom is 0.364 e. The van der Waals surface area contributed by atoms with E-state index in [0.717, 1.165) is 19.3 Å². The van der Waals surface area contributed by atoms with Crippen LogP contribution in [-0.4, -0.2) is 74.5 Å². The van der Waals surface area contributed by atoms with Gasteiger partial charge in [0.15, 0.2) is 0 Å². The van der Waals surface area contributed by atoms with E-state index in [1.165, 1.54) is 26.2 Å². The number of nitrogens with one attached hydrogen (secondary N) is 2. The normalized spacial score (nSPS) is 49.6. The molecule has 1 amide bonds. The quantitative estimate of drug-likeness (QED) is 0.341. The average Bonchev–Trinajstić information content (AvgIpc) is 2.58. The van der Waals surface area contributed by atoms with Gasteiger partial charge in [-0.1, -0.05) is 13.8 Å². The van der Waals surface area contributed by atoms with Gasteiger partial charge in [0, 0.05) is 25.4 Å². The monoisotopic (exact) mass is 440 g/mol. The van der Waals surface area contributed by atoms with Gasteiger partial charge in [0.05, 0.1) is 18.2 Å². The van der Waals surface area contributed by atoms with Crippen molar-refractivity contribution in [3.63, 3.8) is 0 Å². The lowest BCUT2D eigenvalue weighted by Gasteiger charge is -2.65. The number of aliphatic hydroxyl groups excluding tert-OH is 2. The molecule has 5 fully saturated rings. The predicted molar refractivity (Wildman–Crippen MR) is 110 cm³/mol. The van der Waals surface area contributed by atoms with Gasteiger partial charge in [-0.25, -0.2) is 4.79 Å². The Morgan fingerprint density at radius 1 is 1.10 bits per heavy atom. The number of rotatable bonds is 6. The van der Waals surface area contributed by atoms with E-state index in [1.807, 2.05) is 0 Å². The van der Waals surface area contributed by atoms with Crippen LogP contribution in [0.5, 0.6) is 0 Å². The summed E-state index contributed by atoms with van der Waals surface area (Å²) in [5.74, 6) is -4.05. The molecule has 0 aromatic heterocycles. The second kappa shape index (κ2) is 7.38. The molecule has 7 atom stereocenters. The molecule has 176 valence electrons. The molecule has 1 saturated heterocycles. The Labute approximate surface area is 182 Å². The number of amides is 1. The first-order valence-electron chi connectivity index (χ1n) is 11.3. The number of hydrogen-bond donors (Lipinski definition) is 6. The van der Waals surface area contributed by atoms with Gasteiger partial charge in [0.1, 0.15) is 6.10 Å². The lowest BCUT2D eigenvalue weighted by atomic mass is 9.43. The number of aliphatic hydroxyl groups is 3. The highest BCUT2D eigenvalue weighted by Crippen LogP contribution is 2.66. The smallest absolute Gasteiger partial charge is 0.364 e. The maximum atomic E-state index is 11.6. The molecule has 1 aliphatic heterocycles. The molecule has 0 aromatic rings. The summed E-state index contributed by atoms with van der Waals surface area (Å²) < 4.78 is 5.38. The van der Waals surface area contributed by atoms with Crippen molar-refractivity contribution in [1.29, 1.82) is 0 Å². The Bertz CT molecular complexity index is 742. The van der Waals surface area contributed by atoms with Crippen molar-refractivity contribution >= 4 is 11.9 Å². The van der Waals surface area contributed by atoms with Crippen molar-refractivity contribution in [1.82, 2.24) is 10.6 Å². The number of ether oxygens (including phenoxy) is 1. The molecule has 7 unspecified atom stereocenters. The van der Waals surface area contributed by atoms with Gasteiger partial charge in [0.25, 0.3) is 5.79 Å². The van der Waals surface area contributed by atoms with E-state index in [4.69, 9.17) is 4.74 Å². The molecular weight excluding hydrogens is 404 g/mol. The number of carbonyl (C=O) groups excluding carboxylic acids is 1. The van der Waals surface area contributed by atoms with E-state index in [-0.39, 0.29) is 22.9 Å². The largest absolute Gasteiger partial charge is 0.477 e. The third-order valence-electron chi connectivity index (χ3n) is 7.98. The maximum absolute atomic E-state index is 11.6.